The number of likely N-dealkylation sites (N-methyl/N-ethyl adjacent to an activating group) is 1. The van der Waals surface area contributed by atoms with Crippen LogP contribution in [-0.4, -0.2) is 48.2 Å². The summed E-state index contributed by atoms with van der Waals surface area (Å²) in [5.74, 6) is 2.20. The minimum absolute atomic E-state index is 0.0224. The fraction of sp³-hybridized carbons (Fsp3) is 0.750. The van der Waals surface area contributed by atoms with Gasteiger partial charge in [0.15, 0.2) is 5.82 Å². The molecule has 1 atom stereocenters. The number of morpholine rings is 1. The van der Waals surface area contributed by atoms with Gasteiger partial charge in [0.2, 0.25) is 0 Å². The minimum Gasteiger partial charge on any atom is -0.370 e. The lowest BCUT2D eigenvalue weighted by Gasteiger charge is -2.30. The summed E-state index contributed by atoms with van der Waals surface area (Å²) in [4.78, 5) is 11.8. The highest BCUT2D eigenvalue weighted by Crippen LogP contribution is 2.28. The Morgan fingerprint density at radius 3 is 2.76 bits per heavy atom. The first kappa shape index (κ1) is 16.2. The molecule has 0 saturated carbocycles. The average molecular weight is 292 g/mol. The average Bonchev–Trinajstić information content (AvgIpc) is 2.44. The molecule has 0 spiro atoms. The van der Waals surface area contributed by atoms with Crippen LogP contribution in [0.15, 0.2) is 0 Å². The number of rotatable bonds is 5. The molecule has 1 saturated heterocycles. The third kappa shape index (κ3) is 3.92. The fourth-order valence-corrected chi connectivity index (χ4v) is 2.75. The number of hydrogen-bond donors (Lipinski definition) is 1. The van der Waals surface area contributed by atoms with E-state index in [2.05, 4.69) is 45.0 Å². The SMILES string of the molecule is CCCNc1nc(C2CN(C)CCO2)nc(C)c1C(C)C. The van der Waals surface area contributed by atoms with Crippen LogP contribution in [0, 0.1) is 6.92 Å². The van der Waals surface area contributed by atoms with Crippen molar-refractivity contribution < 1.29 is 4.74 Å². The van der Waals surface area contributed by atoms with Gasteiger partial charge in [-0.2, -0.15) is 0 Å². The lowest BCUT2D eigenvalue weighted by molar-refractivity contribution is -0.0255. The van der Waals surface area contributed by atoms with Crippen molar-refractivity contribution in [1.29, 1.82) is 0 Å². The van der Waals surface area contributed by atoms with Crippen molar-refractivity contribution in [2.75, 3.05) is 38.6 Å². The van der Waals surface area contributed by atoms with Crippen molar-refractivity contribution in [1.82, 2.24) is 14.9 Å². The number of nitrogens with zero attached hydrogens (tertiary/aromatic N) is 3. The molecule has 1 aromatic rings. The minimum atomic E-state index is -0.0224. The van der Waals surface area contributed by atoms with Gasteiger partial charge in [0, 0.05) is 30.9 Å². The maximum absolute atomic E-state index is 5.85. The highest BCUT2D eigenvalue weighted by Gasteiger charge is 2.24. The van der Waals surface area contributed by atoms with E-state index >= 15 is 0 Å². The normalized spacial score (nSPS) is 20.0. The first-order valence-electron chi connectivity index (χ1n) is 7.95. The van der Waals surface area contributed by atoms with Crippen molar-refractivity contribution in [2.45, 2.75) is 46.1 Å². The van der Waals surface area contributed by atoms with Gasteiger partial charge in [-0.1, -0.05) is 20.8 Å². The van der Waals surface area contributed by atoms with Crippen molar-refractivity contribution in [2.24, 2.45) is 0 Å². The van der Waals surface area contributed by atoms with E-state index in [1.165, 1.54) is 5.56 Å². The molecule has 1 N–H and O–H groups in total. The molecule has 1 aromatic heterocycles. The Morgan fingerprint density at radius 1 is 1.38 bits per heavy atom. The second-order valence-electron chi connectivity index (χ2n) is 6.13. The Hall–Kier alpha value is -1.20. The lowest BCUT2D eigenvalue weighted by Crippen LogP contribution is -2.36. The zero-order chi connectivity index (χ0) is 15.4. The number of ether oxygens (including phenoxy) is 1. The molecule has 0 amide bonds. The molecule has 1 fully saturated rings. The van der Waals surface area contributed by atoms with Gasteiger partial charge in [-0.15, -0.1) is 0 Å². The van der Waals surface area contributed by atoms with Crippen LogP contribution < -0.4 is 5.32 Å². The van der Waals surface area contributed by atoms with Crippen LogP contribution in [-0.2, 0) is 4.74 Å². The van der Waals surface area contributed by atoms with Crippen molar-refractivity contribution in [3.8, 4) is 0 Å². The number of aromatic nitrogens is 2. The number of aryl methyl sites for hydroxylation is 1. The predicted octanol–water partition coefficient (Wildman–Crippen LogP) is 2.73. The first-order valence-corrected chi connectivity index (χ1v) is 7.95. The summed E-state index contributed by atoms with van der Waals surface area (Å²) in [6, 6.07) is 0. The summed E-state index contributed by atoms with van der Waals surface area (Å²) in [5.41, 5.74) is 2.28. The topological polar surface area (TPSA) is 50.3 Å². The monoisotopic (exact) mass is 292 g/mol. The van der Waals surface area contributed by atoms with E-state index in [1.54, 1.807) is 0 Å². The molecule has 0 radical (unpaired) electrons. The molecule has 2 heterocycles. The van der Waals surface area contributed by atoms with Crippen LogP contribution in [0.3, 0.4) is 0 Å². The Bertz CT molecular complexity index is 476. The number of nitrogens with one attached hydrogen (secondary N) is 1. The van der Waals surface area contributed by atoms with E-state index in [0.29, 0.717) is 5.92 Å². The van der Waals surface area contributed by atoms with Crippen LogP contribution >= 0.6 is 0 Å². The quantitative estimate of drug-likeness (QED) is 0.904. The predicted molar refractivity (Wildman–Crippen MR) is 85.8 cm³/mol. The fourth-order valence-electron chi connectivity index (χ4n) is 2.75. The second-order valence-corrected chi connectivity index (χ2v) is 6.13. The van der Waals surface area contributed by atoms with E-state index in [0.717, 1.165) is 50.0 Å². The Labute approximate surface area is 128 Å². The van der Waals surface area contributed by atoms with Crippen LogP contribution in [0.5, 0.6) is 0 Å². The highest BCUT2D eigenvalue weighted by molar-refractivity contribution is 5.48. The molecule has 1 aliphatic rings. The smallest absolute Gasteiger partial charge is 0.161 e. The maximum atomic E-state index is 5.85. The van der Waals surface area contributed by atoms with Crippen LogP contribution in [0.1, 0.15) is 56.3 Å². The lowest BCUT2D eigenvalue weighted by atomic mass is 10.0. The maximum Gasteiger partial charge on any atom is 0.161 e. The van der Waals surface area contributed by atoms with Crippen LogP contribution in [0.25, 0.3) is 0 Å². The molecule has 2 rings (SSSR count). The van der Waals surface area contributed by atoms with E-state index in [4.69, 9.17) is 14.7 Å². The summed E-state index contributed by atoms with van der Waals surface area (Å²) < 4.78 is 5.85. The van der Waals surface area contributed by atoms with Gasteiger partial charge in [0.05, 0.1) is 6.61 Å². The largest absolute Gasteiger partial charge is 0.370 e. The standard InChI is InChI=1S/C16H28N4O/c1-6-7-17-16-14(11(2)3)12(4)18-15(19-16)13-10-20(5)8-9-21-13/h11,13H,6-10H2,1-5H3,(H,17,18,19). The van der Waals surface area contributed by atoms with Gasteiger partial charge in [-0.3, -0.25) is 0 Å². The molecule has 1 aliphatic heterocycles. The third-order valence-corrected chi connectivity index (χ3v) is 3.83. The van der Waals surface area contributed by atoms with Crippen LogP contribution in [0.4, 0.5) is 5.82 Å². The molecule has 0 aromatic carbocycles. The second kappa shape index (κ2) is 7.18. The van der Waals surface area contributed by atoms with E-state index in [1.807, 2.05) is 0 Å². The van der Waals surface area contributed by atoms with Crippen LogP contribution in [0.2, 0.25) is 0 Å². The highest BCUT2D eigenvalue weighted by atomic mass is 16.5. The molecule has 0 bridgehead atoms. The Kier molecular flexibility index (Phi) is 5.53. The molecular weight excluding hydrogens is 264 g/mol. The van der Waals surface area contributed by atoms with Gasteiger partial charge in [0.1, 0.15) is 11.9 Å². The molecule has 5 nitrogen and oxygen atoms in total. The first-order chi connectivity index (χ1) is 10.0. The summed E-state index contributed by atoms with van der Waals surface area (Å²) >= 11 is 0. The van der Waals surface area contributed by atoms with Crippen molar-refractivity contribution in [3.05, 3.63) is 17.1 Å². The summed E-state index contributed by atoms with van der Waals surface area (Å²) in [6.07, 6.45) is 1.06. The molecule has 1 unspecified atom stereocenters. The molecule has 118 valence electrons. The third-order valence-electron chi connectivity index (χ3n) is 3.83. The van der Waals surface area contributed by atoms with Gasteiger partial charge < -0.3 is 15.0 Å². The van der Waals surface area contributed by atoms with Gasteiger partial charge >= 0.3 is 0 Å². The summed E-state index contributed by atoms with van der Waals surface area (Å²) in [7, 11) is 2.11. The van der Waals surface area contributed by atoms with E-state index in [-0.39, 0.29) is 6.10 Å². The van der Waals surface area contributed by atoms with Gasteiger partial charge in [-0.05, 0) is 26.3 Å². The van der Waals surface area contributed by atoms with E-state index < -0.39 is 0 Å². The summed E-state index contributed by atoms with van der Waals surface area (Å²) in [5, 5.41) is 3.46. The molecule has 21 heavy (non-hydrogen) atoms. The number of hydrogen-bond acceptors (Lipinski definition) is 5. The zero-order valence-corrected chi connectivity index (χ0v) is 13.9. The van der Waals surface area contributed by atoms with Gasteiger partial charge in [0.25, 0.3) is 0 Å². The Morgan fingerprint density at radius 2 is 2.14 bits per heavy atom. The van der Waals surface area contributed by atoms with E-state index in [9.17, 15) is 0 Å². The molecule has 5 heteroatoms. The molecule has 0 aliphatic carbocycles. The number of anilines is 1. The zero-order valence-electron chi connectivity index (χ0n) is 13.9. The van der Waals surface area contributed by atoms with Crippen molar-refractivity contribution in [3.63, 3.8) is 0 Å². The summed E-state index contributed by atoms with van der Waals surface area (Å²) in [6.45, 7) is 12.1. The van der Waals surface area contributed by atoms with Crippen molar-refractivity contribution >= 4 is 5.82 Å². The molecular formula is C16H28N4O. The van der Waals surface area contributed by atoms with Gasteiger partial charge in [-0.25, -0.2) is 9.97 Å². The Balaban J connectivity index is 2.32.